The van der Waals surface area contributed by atoms with Gasteiger partial charge >= 0.3 is 0 Å². The van der Waals surface area contributed by atoms with Gasteiger partial charge in [-0.2, -0.15) is 29.8 Å². The number of pyridine rings is 1. The van der Waals surface area contributed by atoms with Gasteiger partial charge in [0.2, 0.25) is 5.69 Å². The molecule has 0 spiro atoms. The molecule has 0 bridgehead atoms. The van der Waals surface area contributed by atoms with Crippen molar-refractivity contribution < 1.29 is 68.3 Å². The standard InChI is InChI=1S/C40H41N3O14S4/c1-39-15-11-27(37(39)42(21-29(44)23-59(47,48)49)35-9-7-31(19-33(35)39)58-57-56-46)5-3-25(26-13-17-41-18-14-26)4-6-28-12-16-40(2)34-20-32(61(53,54)55)8-10-36(34)43(38(28)40)22-30(45)24-60(50,51)52/h3-10,13-14,17-21,30,45H,11-12,15-16,22-24H2,1-2H3,(H4-,41,44,46,47,48,49,50,51,52,53,54,55)/p+1. The van der Waals surface area contributed by atoms with E-state index in [4.69, 9.17) is 5.26 Å². The van der Waals surface area contributed by atoms with E-state index in [1.807, 2.05) is 56.4 Å². The molecule has 2 aliphatic heterocycles. The highest BCUT2D eigenvalue weighted by molar-refractivity contribution is 7.94. The van der Waals surface area contributed by atoms with Gasteiger partial charge in [0.05, 0.1) is 22.4 Å². The highest BCUT2D eigenvalue weighted by Gasteiger charge is 2.54. The second-order valence-electron chi connectivity index (χ2n) is 15.6. The molecule has 3 heterocycles. The van der Waals surface area contributed by atoms with E-state index < -0.39 is 64.6 Å². The fourth-order valence-electron chi connectivity index (χ4n) is 8.94. The van der Waals surface area contributed by atoms with E-state index >= 15 is 0 Å². The lowest BCUT2D eigenvalue weighted by molar-refractivity contribution is -0.448. The number of anilines is 1. The summed E-state index contributed by atoms with van der Waals surface area (Å²) in [5.74, 6) is -2.52. The summed E-state index contributed by atoms with van der Waals surface area (Å²) in [7, 11) is -13.7. The van der Waals surface area contributed by atoms with Crippen LogP contribution in [0.25, 0.3) is 5.57 Å². The Balaban J connectivity index is 1.33. The maximum absolute atomic E-state index is 12.2. The average Bonchev–Trinajstić information content (AvgIpc) is 3.83. The van der Waals surface area contributed by atoms with Crippen molar-refractivity contribution in [1.82, 2.24) is 4.98 Å². The monoisotopic (exact) mass is 916 g/mol. The number of hydrogen-bond donors (Lipinski definition) is 6. The van der Waals surface area contributed by atoms with E-state index in [9.17, 15) is 49.1 Å². The van der Waals surface area contributed by atoms with Crippen molar-refractivity contribution in [2.24, 2.45) is 0 Å². The molecule has 0 saturated heterocycles. The predicted octanol–water partition coefficient (Wildman–Crippen LogP) is 5.83. The number of nitrogens with zero attached hydrogens (tertiary/aromatic N) is 3. The van der Waals surface area contributed by atoms with E-state index in [1.165, 1.54) is 24.4 Å². The number of allylic oxidation sites excluding steroid dienone is 8. The molecular weight excluding hydrogens is 875 g/mol. The molecule has 61 heavy (non-hydrogen) atoms. The van der Waals surface area contributed by atoms with Crippen LogP contribution in [0.5, 0.6) is 0 Å². The van der Waals surface area contributed by atoms with Gasteiger partial charge in [-0.3, -0.25) is 18.6 Å². The summed E-state index contributed by atoms with van der Waals surface area (Å²) in [5.41, 5.74) is 5.75. The topological polar surface area (TPSA) is 261 Å². The molecule has 3 aromatic rings. The zero-order valence-electron chi connectivity index (χ0n) is 32.6. The summed E-state index contributed by atoms with van der Waals surface area (Å²) in [4.78, 5) is 6.15. The molecule has 2 aromatic carbocycles. The summed E-state index contributed by atoms with van der Waals surface area (Å²) in [5, 5.41) is 34.1. The van der Waals surface area contributed by atoms with Gasteiger partial charge in [-0.15, -0.1) is 4.33 Å². The summed E-state index contributed by atoms with van der Waals surface area (Å²) >= 11 is 0.777. The number of fused-ring (bicyclic) bond motifs is 6. The molecular formula is C40H42N3O14S4+. The number of aliphatic hydroxyl groups is 2. The molecule has 3 unspecified atom stereocenters. The molecule has 6 N–H and O–H groups in total. The Labute approximate surface area is 356 Å². The van der Waals surface area contributed by atoms with Crippen molar-refractivity contribution in [1.29, 1.82) is 0 Å². The van der Waals surface area contributed by atoms with Crippen molar-refractivity contribution in [3.05, 3.63) is 131 Å². The van der Waals surface area contributed by atoms with Crippen LogP contribution in [0, 0.1) is 0 Å². The van der Waals surface area contributed by atoms with Crippen molar-refractivity contribution in [2.75, 3.05) is 23.0 Å². The third kappa shape index (κ3) is 9.18. The zero-order chi connectivity index (χ0) is 44.1. The third-order valence-electron chi connectivity index (χ3n) is 11.4. The van der Waals surface area contributed by atoms with Crippen molar-refractivity contribution in [3.63, 3.8) is 0 Å². The van der Waals surface area contributed by atoms with Crippen LogP contribution in [0.15, 0.2) is 124 Å². The predicted molar refractivity (Wildman–Crippen MR) is 225 cm³/mol. The second-order valence-corrected chi connectivity index (χ2v) is 20.7. The Morgan fingerprint density at radius 1 is 0.951 bits per heavy atom. The van der Waals surface area contributed by atoms with E-state index in [0.717, 1.165) is 45.6 Å². The van der Waals surface area contributed by atoms with Gasteiger partial charge in [0.25, 0.3) is 30.4 Å². The summed E-state index contributed by atoms with van der Waals surface area (Å²) < 4.78 is 106. The van der Waals surface area contributed by atoms with Crippen molar-refractivity contribution in [2.45, 2.75) is 66.3 Å². The number of aliphatic hydroxyl groups excluding tert-OH is 2. The molecule has 0 amide bonds. The number of aromatic nitrogens is 1. The third-order valence-corrected chi connectivity index (χ3v) is 14.3. The van der Waals surface area contributed by atoms with E-state index in [2.05, 4.69) is 14.4 Å². The van der Waals surface area contributed by atoms with Crippen LogP contribution >= 0.6 is 12.0 Å². The lowest BCUT2D eigenvalue weighted by Crippen LogP contribution is -2.33. The molecule has 4 aliphatic rings. The number of rotatable bonds is 15. The molecule has 1 aromatic heterocycles. The lowest BCUT2D eigenvalue weighted by atomic mass is 9.81. The normalized spacial score (nSPS) is 23.0. The van der Waals surface area contributed by atoms with Gasteiger partial charge < -0.3 is 15.1 Å². The number of benzene rings is 2. The molecule has 7 rings (SSSR count). The van der Waals surface area contributed by atoms with Crippen LogP contribution < -0.4 is 4.90 Å². The number of β-amino-alcohol motifs (C(OH)–C–C–N with tert-alkyl or cyclic N) is 1. The largest absolute Gasteiger partial charge is 0.510 e. The zero-order valence-corrected chi connectivity index (χ0v) is 35.9. The van der Waals surface area contributed by atoms with Crippen molar-refractivity contribution in [3.8, 4) is 0 Å². The van der Waals surface area contributed by atoms with Crippen LogP contribution in [0.3, 0.4) is 0 Å². The van der Waals surface area contributed by atoms with Crippen LogP contribution in [-0.4, -0.2) is 93.8 Å². The van der Waals surface area contributed by atoms with Gasteiger partial charge in [-0.1, -0.05) is 29.3 Å². The maximum atomic E-state index is 12.2. The average molecular weight is 917 g/mol. The van der Waals surface area contributed by atoms with E-state index in [-0.39, 0.29) is 11.4 Å². The lowest BCUT2D eigenvalue weighted by Gasteiger charge is -2.24. The van der Waals surface area contributed by atoms with Gasteiger partial charge in [0, 0.05) is 57.5 Å². The SMILES string of the molecule is CC12CCC(/C=C/C(=C/C=C3\CCC4(C)C3=[N+](CC(O)CS(=O)(=O)O)c3ccc(S(=O)(=O)O)cc34)c3ccncc3)=C1N(/C=C(/O)CS(=O)(=O)O)c1ccc(SOOO)cc12. The highest BCUT2D eigenvalue weighted by Crippen LogP contribution is 2.57. The minimum atomic E-state index is -4.57. The summed E-state index contributed by atoms with van der Waals surface area (Å²) in [6, 6.07) is 13.0. The van der Waals surface area contributed by atoms with Crippen LogP contribution in [0.4, 0.5) is 11.4 Å². The molecule has 17 nitrogen and oxygen atoms in total. The van der Waals surface area contributed by atoms with E-state index in [1.54, 1.807) is 34.0 Å². The number of hydrogen-bond acceptors (Lipinski definition) is 14. The maximum Gasteiger partial charge on any atom is 0.294 e. The Morgan fingerprint density at radius 2 is 1.67 bits per heavy atom. The first kappa shape index (κ1) is 44.5. The first-order chi connectivity index (χ1) is 28.6. The fraction of sp³-hybridized carbons (Fsp3) is 0.300. The van der Waals surface area contributed by atoms with Gasteiger partial charge in [-0.25, -0.2) is 5.26 Å². The minimum absolute atomic E-state index is 0.244. The van der Waals surface area contributed by atoms with Gasteiger partial charge in [0.15, 0.2) is 12.3 Å². The van der Waals surface area contributed by atoms with E-state index in [0.29, 0.717) is 53.2 Å². The first-order valence-corrected chi connectivity index (χ1v) is 24.1. The Bertz CT molecular complexity index is 2820. The van der Waals surface area contributed by atoms with Crippen LogP contribution in [0.1, 0.15) is 56.2 Å². The van der Waals surface area contributed by atoms with Crippen LogP contribution in [-0.2, 0) is 50.6 Å². The molecule has 21 heteroatoms. The quantitative estimate of drug-likeness (QED) is 0.0199. The Hall–Kier alpha value is -4.52. The van der Waals surface area contributed by atoms with Crippen LogP contribution in [0.2, 0.25) is 0 Å². The summed E-state index contributed by atoms with van der Waals surface area (Å²) in [6.45, 7) is 3.68. The highest BCUT2D eigenvalue weighted by atomic mass is 32.2. The fourth-order valence-corrected chi connectivity index (χ4v) is 10.9. The molecule has 1 fully saturated rings. The van der Waals surface area contributed by atoms with Crippen molar-refractivity contribution >= 4 is 65.1 Å². The molecule has 324 valence electrons. The summed E-state index contributed by atoms with van der Waals surface area (Å²) in [6.07, 6.45) is 12.9. The Morgan fingerprint density at radius 3 is 2.34 bits per heavy atom. The van der Waals surface area contributed by atoms with Gasteiger partial charge in [0.1, 0.15) is 23.4 Å². The van der Waals surface area contributed by atoms with Gasteiger partial charge in [-0.05, 0) is 104 Å². The molecule has 1 saturated carbocycles. The molecule has 0 radical (unpaired) electrons. The molecule has 2 aliphatic carbocycles. The Kier molecular flexibility index (Phi) is 12.1. The first-order valence-electron chi connectivity index (χ1n) is 18.7. The second kappa shape index (κ2) is 16.6. The smallest absolute Gasteiger partial charge is 0.294 e. The minimum Gasteiger partial charge on any atom is -0.510 e. The molecule has 3 atom stereocenters.